The molecule has 1 aromatic carbocycles. The minimum atomic E-state index is -5.02. The van der Waals surface area contributed by atoms with E-state index >= 15 is 0 Å². The molecular formula is C12H12F3NO3. The van der Waals surface area contributed by atoms with E-state index in [9.17, 15) is 22.8 Å². The standard InChI is InChI=1S/C12H12F3NO3/c13-12(14,15)11(19)16-9(7-10(17)18)6-8-4-2-1-3-5-8/h1-5,9H,6-7H2,(H,16,19)(H,17,18)/t9-/m1/s1. The Morgan fingerprint density at radius 1 is 1.21 bits per heavy atom. The van der Waals surface area contributed by atoms with E-state index in [1.807, 2.05) is 0 Å². The molecule has 1 amide bonds. The number of carbonyl (C=O) groups is 2. The number of hydrogen-bond donors (Lipinski definition) is 2. The zero-order valence-electron chi connectivity index (χ0n) is 9.78. The summed E-state index contributed by atoms with van der Waals surface area (Å²) < 4.78 is 36.4. The maximum atomic E-state index is 12.1. The van der Waals surface area contributed by atoms with Crippen LogP contribution in [0.5, 0.6) is 0 Å². The van der Waals surface area contributed by atoms with E-state index in [0.717, 1.165) is 0 Å². The van der Waals surface area contributed by atoms with Gasteiger partial charge in [0.1, 0.15) is 0 Å². The van der Waals surface area contributed by atoms with Crippen molar-refractivity contribution in [1.29, 1.82) is 0 Å². The summed E-state index contributed by atoms with van der Waals surface area (Å²) in [6, 6.07) is 7.28. The minimum absolute atomic E-state index is 0.0228. The Morgan fingerprint density at radius 2 is 1.79 bits per heavy atom. The molecule has 4 nitrogen and oxygen atoms in total. The number of carboxylic acid groups (broad SMARTS) is 1. The van der Waals surface area contributed by atoms with Gasteiger partial charge in [-0.3, -0.25) is 9.59 Å². The predicted octanol–water partition coefficient (Wildman–Crippen LogP) is 1.75. The topological polar surface area (TPSA) is 66.4 Å². The average molecular weight is 275 g/mol. The lowest BCUT2D eigenvalue weighted by molar-refractivity contribution is -0.174. The summed E-state index contributed by atoms with van der Waals surface area (Å²) in [5.41, 5.74) is 0.649. The number of halogens is 3. The Morgan fingerprint density at radius 3 is 2.26 bits per heavy atom. The summed E-state index contributed by atoms with van der Waals surface area (Å²) >= 11 is 0. The van der Waals surface area contributed by atoms with Gasteiger partial charge in [0.25, 0.3) is 0 Å². The third kappa shape index (κ3) is 5.41. The van der Waals surface area contributed by atoms with E-state index in [1.54, 1.807) is 35.6 Å². The fraction of sp³-hybridized carbons (Fsp3) is 0.333. The molecule has 0 aliphatic heterocycles. The fourth-order valence-corrected chi connectivity index (χ4v) is 1.55. The SMILES string of the molecule is O=C(O)C[C@@H](Cc1ccccc1)NC(=O)C(F)(F)F. The maximum Gasteiger partial charge on any atom is 0.471 e. The molecule has 0 radical (unpaired) electrons. The van der Waals surface area contributed by atoms with Crippen molar-refractivity contribution in [3.8, 4) is 0 Å². The normalized spacial score (nSPS) is 12.8. The highest BCUT2D eigenvalue weighted by Crippen LogP contribution is 2.16. The molecule has 0 aliphatic carbocycles. The largest absolute Gasteiger partial charge is 0.481 e. The summed E-state index contributed by atoms with van der Waals surface area (Å²) in [5, 5.41) is 10.3. The first-order valence-electron chi connectivity index (χ1n) is 5.42. The molecule has 1 rings (SSSR count). The third-order valence-corrected chi connectivity index (χ3v) is 2.34. The van der Waals surface area contributed by atoms with Gasteiger partial charge in [0.2, 0.25) is 0 Å². The van der Waals surface area contributed by atoms with Crippen LogP contribution in [0.2, 0.25) is 0 Å². The van der Waals surface area contributed by atoms with E-state index < -0.39 is 30.5 Å². The van der Waals surface area contributed by atoms with Gasteiger partial charge in [0.15, 0.2) is 0 Å². The number of rotatable bonds is 5. The molecule has 2 N–H and O–H groups in total. The summed E-state index contributed by atoms with van der Waals surface area (Å²) in [7, 11) is 0. The Kier molecular flexibility index (Phi) is 4.91. The fourth-order valence-electron chi connectivity index (χ4n) is 1.55. The van der Waals surface area contributed by atoms with Crippen LogP contribution in [-0.2, 0) is 16.0 Å². The monoisotopic (exact) mass is 275 g/mol. The highest BCUT2D eigenvalue weighted by Gasteiger charge is 2.39. The molecule has 0 fully saturated rings. The van der Waals surface area contributed by atoms with Gasteiger partial charge in [-0.1, -0.05) is 30.3 Å². The lowest BCUT2D eigenvalue weighted by Crippen LogP contribution is -2.45. The number of nitrogens with one attached hydrogen (secondary N) is 1. The Hall–Kier alpha value is -2.05. The van der Waals surface area contributed by atoms with Crippen LogP contribution in [0.3, 0.4) is 0 Å². The van der Waals surface area contributed by atoms with Crippen LogP contribution in [0.1, 0.15) is 12.0 Å². The van der Waals surface area contributed by atoms with Gasteiger partial charge in [-0.25, -0.2) is 0 Å². The maximum absolute atomic E-state index is 12.1. The van der Waals surface area contributed by atoms with E-state index in [4.69, 9.17) is 5.11 Å². The van der Waals surface area contributed by atoms with Crippen molar-refractivity contribution >= 4 is 11.9 Å². The first-order valence-corrected chi connectivity index (χ1v) is 5.42. The van der Waals surface area contributed by atoms with Crippen LogP contribution in [0.4, 0.5) is 13.2 Å². The van der Waals surface area contributed by atoms with E-state index in [-0.39, 0.29) is 6.42 Å². The number of carboxylic acids is 1. The van der Waals surface area contributed by atoms with Crippen molar-refractivity contribution in [2.75, 3.05) is 0 Å². The molecule has 1 atom stereocenters. The summed E-state index contributed by atoms with van der Waals surface area (Å²) in [4.78, 5) is 21.4. The van der Waals surface area contributed by atoms with Gasteiger partial charge in [-0.15, -0.1) is 0 Å². The summed E-state index contributed by atoms with van der Waals surface area (Å²) in [5.74, 6) is -3.40. The molecule has 0 spiro atoms. The Balaban J connectivity index is 2.73. The number of carbonyl (C=O) groups excluding carboxylic acids is 1. The zero-order valence-corrected chi connectivity index (χ0v) is 9.78. The molecule has 0 heterocycles. The van der Waals surface area contributed by atoms with Crippen molar-refractivity contribution in [1.82, 2.24) is 5.32 Å². The molecule has 19 heavy (non-hydrogen) atoms. The number of alkyl halides is 3. The van der Waals surface area contributed by atoms with Crippen LogP contribution in [0, 0.1) is 0 Å². The second-order valence-electron chi connectivity index (χ2n) is 3.96. The molecule has 0 unspecified atom stereocenters. The first-order chi connectivity index (χ1) is 8.79. The van der Waals surface area contributed by atoms with Crippen molar-refractivity contribution in [3.05, 3.63) is 35.9 Å². The quantitative estimate of drug-likeness (QED) is 0.860. The van der Waals surface area contributed by atoms with E-state index in [1.165, 1.54) is 0 Å². The summed E-state index contributed by atoms with van der Waals surface area (Å²) in [6.45, 7) is 0. The molecule has 0 aliphatic rings. The van der Waals surface area contributed by atoms with Crippen LogP contribution in [-0.4, -0.2) is 29.2 Å². The molecule has 104 valence electrons. The molecule has 1 aromatic rings. The smallest absolute Gasteiger partial charge is 0.471 e. The number of benzene rings is 1. The van der Waals surface area contributed by atoms with E-state index in [2.05, 4.69) is 0 Å². The second-order valence-corrected chi connectivity index (χ2v) is 3.96. The minimum Gasteiger partial charge on any atom is -0.481 e. The third-order valence-electron chi connectivity index (χ3n) is 2.34. The van der Waals surface area contributed by atoms with Crippen LogP contribution in [0.25, 0.3) is 0 Å². The molecule has 0 saturated heterocycles. The number of aliphatic carboxylic acids is 1. The van der Waals surface area contributed by atoms with Gasteiger partial charge in [0, 0.05) is 6.04 Å². The highest BCUT2D eigenvalue weighted by atomic mass is 19.4. The van der Waals surface area contributed by atoms with E-state index in [0.29, 0.717) is 5.56 Å². The molecule has 7 heteroatoms. The van der Waals surface area contributed by atoms with Crippen LogP contribution < -0.4 is 5.32 Å². The van der Waals surface area contributed by atoms with Gasteiger partial charge in [0.05, 0.1) is 6.42 Å². The number of amides is 1. The van der Waals surface area contributed by atoms with Crippen molar-refractivity contribution in [2.24, 2.45) is 0 Å². The van der Waals surface area contributed by atoms with Crippen molar-refractivity contribution in [3.63, 3.8) is 0 Å². The van der Waals surface area contributed by atoms with Gasteiger partial charge < -0.3 is 10.4 Å². The summed E-state index contributed by atoms with van der Waals surface area (Å²) in [6.07, 6.45) is -5.57. The average Bonchev–Trinajstić information content (AvgIpc) is 2.28. The number of hydrogen-bond acceptors (Lipinski definition) is 2. The molecule has 0 saturated carbocycles. The van der Waals surface area contributed by atoms with Crippen LogP contribution >= 0.6 is 0 Å². The highest BCUT2D eigenvalue weighted by molar-refractivity contribution is 5.82. The Bertz CT molecular complexity index is 445. The van der Waals surface area contributed by atoms with Crippen molar-refractivity contribution < 1.29 is 27.9 Å². The predicted molar refractivity (Wildman–Crippen MR) is 60.4 cm³/mol. The molecular weight excluding hydrogens is 263 g/mol. The van der Waals surface area contributed by atoms with Gasteiger partial charge >= 0.3 is 18.1 Å². The zero-order chi connectivity index (χ0) is 14.5. The lowest BCUT2D eigenvalue weighted by atomic mass is 10.0. The molecule has 0 bridgehead atoms. The molecule has 0 aromatic heterocycles. The first kappa shape index (κ1) is 15.0. The van der Waals surface area contributed by atoms with Crippen molar-refractivity contribution in [2.45, 2.75) is 25.1 Å². The second kappa shape index (κ2) is 6.21. The van der Waals surface area contributed by atoms with Gasteiger partial charge in [-0.05, 0) is 12.0 Å². The van der Waals surface area contributed by atoms with Crippen LogP contribution in [0.15, 0.2) is 30.3 Å². The van der Waals surface area contributed by atoms with Gasteiger partial charge in [-0.2, -0.15) is 13.2 Å². The lowest BCUT2D eigenvalue weighted by Gasteiger charge is -2.18. The Labute approximate surface area is 107 Å².